The molecule has 54 heavy (non-hydrogen) atoms. The molecule has 6 rings (SSSR count). The third-order valence-electron chi connectivity index (χ3n) is 8.14. The SMILES string of the molecule is C=CC(=O)OCCNC(=O)OCC(COC(=O)Nc1cccc2ccccc12)(COC(=O)Nc1cccc2ccccc12)CSc1nc2ccccc2s1. The number of para-hydroxylation sites is 1. The quantitative estimate of drug-likeness (QED) is 0.0304. The maximum absolute atomic E-state index is 13.4. The second-order valence-corrected chi connectivity index (χ2v) is 14.3. The van der Waals surface area contributed by atoms with E-state index in [1.807, 2.05) is 97.1 Å². The number of thiazole rings is 1. The number of nitrogens with one attached hydrogen (secondary N) is 3. The molecule has 3 N–H and O–H groups in total. The summed E-state index contributed by atoms with van der Waals surface area (Å²) in [6.07, 6.45) is -1.31. The van der Waals surface area contributed by atoms with Gasteiger partial charge in [0.1, 0.15) is 26.4 Å². The van der Waals surface area contributed by atoms with Crippen molar-refractivity contribution in [1.82, 2.24) is 10.3 Å². The molecule has 0 aliphatic carbocycles. The van der Waals surface area contributed by atoms with Crippen molar-refractivity contribution in [2.75, 3.05) is 49.4 Å². The summed E-state index contributed by atoms with van der Waals surface area (Å²) in [5.74, 6) is -0.464. The molecular formula is C40H36N4O8S2. The van der Waals surface area contributed by atoms with Crippen molar-refractivity contribution in [3.8, 4) is 0 Å². The van der Waals surface area contributed by atoms with E-state index >= 15 is 0 Å². The van der Waals surface area contributed by atoms with Crippen LogP contribution in [0.5, 0.6) is 0 Å². The Morgan fingerprint density at radius 2 is 1.22 bits per heavy atom. The molecule has 0 saturated heterocycles. The molecule has 1 heterocycles. The topological polar surface area (TPSA) is 154 Å². The van der Waals surface area contributed by atoms with Crippen LogP contribution < -0.4 is 16.0 Å². The Bertz CT molecular complexity index is 2150. The van der Waals surface area contributed by atoms with E-state index in [9.17, 15) is 19.2 Å². The van der Waals surface area contributed by atoms with Crippen LogP contribution in [0.15, 0.2) is 126 Å². The first-order valence-corrected chi connectivity index (χ1v) is 18.6. The lowest BCUT2D eigenvalue weighted by atomic mass is 9.94. The Hall–Kier alpha value is -6.12. The van der Waals surface area contributed by atoms with Gasteiger partial charge < -0.3 is 24.3 Å². The minimum atomic E-state index is -1.26. The van der Waals surface area contributed by atoms with Gasteiger partial charge in [0.2, 0.25) is 0 Å². The maximum Gasteiger partial charge on any atom is 0.411 e. The van der Waals surface area contributed by atoms with Gasteiger partial charge in [-0.2, -0.15) is 0 Å². The summed E-state index contributed by atoms with van der Waals surface area (Å²) in [4.78, 5) is 55.7. The molecule has 12 nitrogen and oxygen atoms in total. The number of esters is 1. The molecule has 14 heteroatoms. The van der Waals surface area contributed by atoms with Gasteiger partial charge in [0.05, 0.1) is 33.6 Å². The minimum absolute atomic E-state index is 0.0280. The zero-order chi connectivity index (χ0) is 37.8. The molecule has 0 fully saturated rings. The molecule has 6 aromatic rings. The van der Waals surface area contributed by atoms with Gasteiger partial charge in [0.25, 0.3) is 0 Å². The van der Waals surface area contributed by atoms with E-state index in [0.29, 0.717) is 11.4 Å². The van der Waals surface area contributed by atoms with Crippen LogP contribution in [0.4, 0.5) is 25.8 Å². The molecule has 0 radical (unpaired) electrons. The van der Waals surface area contributed by atoms with Crippen LogP contribution in [0.3, 0.4) is 0 Å². The number of anilines is 2. The second kappa shape index (κ2) is 18.1. The van der Waals surface area contributed by atoms with Gasteiger partial charge in [-0.15, -0.1) is 11.3 Å². The Labute approximate surface area is 318 Å². The zero-order valence-corrected chi connectivity index (χ0v) is 30.6. The van der Waals surface area contributed by atoms with Gasteiger partial charge in [0.15, 0.2) is 4.34 Å². The number of amides is 3. The number of thioether (sulfide) groups is 1. The predicted molar refractivity (Wildman–Crippen MR) is 211 cm³/mol. The summed E-state index contributed by atoms with van der Waals surface area (Å²) in [5.41, 5.74) is 0.651. The zero-order valence-electron chi connectivity index (χ0n) is 28.9. The lowest BCUT2D eigenvalue weighted by Crippen LogP contribution is -2.43. The molecular weight excluding hydrogens is 729 g/mol. The monoisotopic (exact) mass is 764 g/mol. The molecule has 0 spiro atoms. The molecule has 0 bridgehead atoms. The number of benzene rings is 5. The normalized spacial score (nSPS) is 11.1. The highest BCUT2D eigenvalue weighted by atomic mass is 32.2. The lowest BCUT2D eigenvalue weighted by molar-refractivity contribution is -0.137. The maximum atomic E-state index is 13.4. The van der Waals surface area contributed by atoms with Gasteiger partial charge in [-0.3, -0.25) is 10.6 Å². The van der Waals surface area contributed by atoms with Crippen molar-refractivity contribution >= 4 is 90.5 Å². The highest BCUT2D eigenvalue weighted by Crippen LogP contribution is 2.35. The average Bonchev–Trinajstić information content (AvgIpc) is 3.62. The van der Waals surface area contributed by atoms with Gasteiger partial charge in [-0.25, -0.2) is 24.2 Å². The van der Waals surface area contributed by atoms with Crippen LogP contribution in [0, 0.1) is 5.41 Å². The predicted octanol–water partition coefficient (Wildman–Crippen LogP) is 8.63. The van der Waals surface area contributed by atoms with Crippen molar-refractivity contribution in [2.24, 2.45) is 5.41 Å². The smallest absolute Gasteiger partial charge is 0.411 e. The first-order chi connectivity index (χ1) is 26.3. The summed E-state index contributed by atoms with van der Waals surface area (Å²) in [6.45, 7) is 2.26. The third kappa shape index (κ3) is 10.1. The molecule has 0 aliphatic heterocycles. The summed E-state index contributed by atoms with van der Waals surface area (Å²) >= 11 is 2.83. The largest absolute Gasteiger partial charge is 0.461 e. The summed E-state index contributed by atoms with van der Waals surface area (Å²) in [5, 5.41) is 11.7. The van der Waals surface area contributed by atoms with E-state index in [4.69, 9.17) is 23.9 Å². The van der Waals surface area contributed by atoms with Crippen LogP contribution in [-0.4, -0.2) is 68.0 Å². The minimum Gasteiger partial charge on any atom is -0.461 e. The second-order valence-electron chi connectivity index (χ2n) is 12.1. The highest BCUT2D eigenvalue weighted by molar-refractivity contribution is 8.01. The van der Waals surface area contributed by atoms with Crippen molar-refractivity contribution in [3.63, 3.8) is 0 Å². The number of hydrogen-bond donors (Lipinski definition) is 3. The first-order valence-electron chi connectivity index (χ1n) is 16.8. The van der Waals surface area contributed by atoms with E-state index in [1.54, 1.807) is 12.1 Å². The summed E-state index contributed by atoms with van der Waals surface area (Å²) < 4.78 is 23.9. The Balaban J connectivity index is 1.22. The fraction of sp³-hybridized carbons (Fsp3) is 0.175. The van der Waals surface area contributed by atoms with Gasteiger partial charge >= 0.3 is 24.2 Å². The van der Waals surface area contributed by atoms with Crippen LogP contribution in [0.25, 0.3) is 31.8 Å². The molecule has 0 atom stereocenters. The Morgan fingerprint density at radius 3 is 1.81 bits per heavy atom. The van der Waals surface area contributed by atoms with E-state index < -0.39 is 29.7 Å². The van der Waals surface area contributed by atoms with Gasteiger partial charge in [-0.1, -0.05) is 103 Å². The fourth-order valence-electron chi connectivity index (χ4n) is 5.41. The average molecular weight is 765 g/mol. The Kier molecular flexibility index (Phi) is 12.6. The standard InChI is InChI=1S/C40H36N4O8S2/c1-2-35(45)49-22-21-41-36(46)50-23-40(26-53-39-44-33-17-7-8-20-34(33)54-39,24-51-37(47)42-31-18-9-13-27-11-3-5-15-29(27)31)25-52-38(48)43-32-19-10-14-28-12-4-6-16-30(28)32/h2-20H,1,21-26H2,(H,41,46)(H,42,47)(H,43,48). The number of alkyl carbamates (subject to hydrolysis) is 1. The third-order valence-corrected chi connectivity index (χ3v) is 10.7. The lowest BCUT2D eigenvalue weighted by Gasteiger charge is -2.31. The van der Waals surface area contributed by atoms with E-state index in [1.165, 1.54) is 23.1 Å². The molecule has 0 unspecified atom stereocenters. The number of fused-ring (bicyclic) bond motifs is 3. The summed E-state index contributed by atoms with van der Waals surface area (Å²) in [6, 6.07) is 33.9. The van der Waals surface area contributed by atoms with Crippen LogP contribution in [0.2, 0.25) is 0 Å². The van der Waals surface area contributed by atoms with E-state index in [-0.39, 0.29) is 38.7 Å². The molecule has 1 aromatic heterocycles. The van der Waals surface area contributed by atoms with Crippen LogP contribution >= 0.6 is 23.1 Å². The number of ether oxygens (including phenoxy) is 4. The number of hydrogen-bond acceptors (Lipinski definition) is 11. The number of carbonyl (C=O) groups is 4. The van der Waals surface area contributed by atoms with E-state index in [2.05, 4.69) is 22.5 Å². The Morgan fingerprint density at radius 1 is 0.685 bits per heavy atom. The van der Waals surface area contributed by atoms with Gasteiger partial charge in [-0.05, 0) is 35.0 Å². The number of rotatable bonds is 15. The molecule has 276 valence electrons. The number of aromatic nitrogens is 1. The van der Waals surface area contributed by atoms with Crippen molar-refractivity contribution in [2.45, 2.75) is 4.34 Å². The first kappa shape index (κ1) is 37.6. The van der Waals surface area contributed by atoms with Crippen molar-refractivity contribution in [1.29, 1.82) is 0 Å². The molecule has 0 aliphatic rings. The molecule has 3 amide bonds. The number of nitrogens with zero attached hydrogens (tertiary/aromatic N) is 1. The van der Waals surface area contributed by atoms with E-state index in [0.717, 1.165) is 42.2 Å². The number of carbonyl (C=O) groups excluding carboxylic acids is 4. The molecule has 0 saturated carbocycles. The van der Waals surface area contributed by atoms with Crippen molar-refractivity contribution in [3.05, 3.63) is 122 Å². The van der Waals surface area contributed by atoms with Gasteiger partial charge in [0, 0.05) is 22.6 Å². The van der Waals surface area contributed by atoms with Crippen LogP contribution in [-0.2, 0) is 23.7 Å². The molecule has 5 aromatic carbocycles. The fourth-order valence-corrected chi connectivity index (χ4v) is 7.63. The highest BCUT2D eigenvalue weighted by Gasteiger charge is 2.37. The van der Waals surface area contributed by atoms with Crippen LogP contribution in [0.1, 0.15) is 0 Å². The van der Waals surface area contributed by atoms with Crippen molar-refractivity contribution < 1.29 is 38.1 Å². The summed E-state index contributed by atoms with van der Waals surface area (Å²) in [7, 11) is 0.